The zero-order chi connectivity index (χ0) is 26.4. The van der Waals surface area contributed by atoms with Gasteiger partial charge >= 0.3 is 0 Å². The summed E-state index contributed by atoms with van der Waals surface area (Å²) in [6, 6.07) is 12.5. The highest BCUT2D eigenvalue weighted by Crippen LogP contribution is 2.37. The number of hydrogen-bond acceptors (Lipinski definition) is 7. The number of rotatable bonds is 7. The van der Waals surface area contributed by atoms with Crippen molar-refractivity contribution in [1.29, 1.82) is 5.26 Å². The molecule has 0 bridgehead atoms. The Bertz CT molecular complexity index is 1410. The molecule has 1 unspecified atom stereocenters. The number of benzene rings is 2. The van der Waals surface area contributed by atoms with E-state index in [1.165, 1.54) is 0 Å². The van der Waals surface area contributed by atoms with Gasteiger partial charge in [0.2, 0.25) is 0 Å². The van der Waals surface area contributed by atoms with Crippen LogP contribution in [0.2, 0.25) is 5.02 Å². The van der Waals surface area contributed by atoms with Gasteiger partial charge < -0.3 is 16.1 Å². The molecule has 2 heterocycles. The van der Waals surface area contributed by atoms with Gasteiger partial charge in [-0.1, -0.05) is 44.5 Å². The van der Waals surface area contributed by atoms with E-state index in [0.717, 1.165) is 39.5 Å². The van der Waals surface area contributed by atoms with Crippen molar-refractivity contribution in [2.45, 2.75) is 45.7 Å². The molecule has 186 valence electrons. The molecule has 9 heteroatoms. The minimum Gasteiger partial charge on any atom is -0.383 e. The van der Waals surface area contributed by atoms with E-state index < -0.39 is 6.02 Å². The SMILES string of the molecule is [2H]C(Nc1cc(Br)c2ncc(C#N)c(NCC(C)(C)C)c2c1)(C1=CN(C2CC2)NN1)c1ccc(Cl)cc1. The van der Waals surface area contributed by atoms with Crippen molar-refractivity contribution in [1.82, 2.24) is 21.0 Å². The summed E-state index contributed by atoms with van der Waals surface area (Å²) in [4.78, 5) is 4.54. The van der Waals surface area contributed by atoms with Gasteiger partial charge in [0.25, 0.3) is 0 Å². The number of nitrogens with zero attached hydrogens (tertiary/aromatic N) is 3. The van der Waals surface area contributed by atoms with Gasteiger partial charge in [-0.2, -0.15) is 5.26 Å². The quantitative estimate of drug-likeness (QED) is 0.260. The Morgan fingerprint density at radius 2 is 2.06 bits per heavy atom. The summed E-state index contributed by atoms with van der Waals surface area (Å²) >= 11 is 9.84. The second-order valence-corrected chi connectivity index (χ2v) is 11.6. The van der Waals surface area contributed by atoms with Crippen LogP contribution in [0.1, 0.15) is 52.1 Å². The molecule has 2 aliphatic rings. The Balaban J connectivity index is 1.60. The second-order valence-electron chi connectivity index (χ2n) is 10.4. The van der Waals surface area contributed by atoms with Crippen LogP contribution in [0.3, 0.4) is 0 Å². The highest BCUT2D eigenvalue weighted by atomic mass is 79.9. The number of halogens is 2. The number of nitriles is 1. The summed E-state index contributed by atoms with van der Waals surface area (Å²) in [6.45, 7) is 7.10. The van der Waals surface area contributed by atoms with E-state index in [-0.39, 0.29) is 5.41 Å². The lowest BCUT2D eigenvalue weighted by molar-refractivity contribution is 0.260. The molecule has 0 amide bonds. The van der Waals surface area contributed by atoms with Crippen molar-refractivity contribution < 1.29 is 1.37 Å². The number of anilines is 2. The fraction of sp³-hybridized carbons (Fsp3) is 0.333. The van der Waals surface area contributed by atoms with Crippen molar-refractivity contribution in [3.8, 4) is 6.07 Å². The molecular weight excluding hydrogens is 538 g/mol. The number of pyridine rings is 1. The summed E-state index contributed by atoms with van der Waals surface area (Å²) < 4.78 is 10.4. The molecule has 5 rings (SSSR count). The average Bonchev–Trinajstić information content (AvgIpc) is 3.58. The molecule has 36 heavy (non-hydrogen) atoms. The minimum atomic E-state index is -1.35. The number of hydrogen-bond donors (Lipinski definition) is 4. The summed E-state index contributed by atoms with van der Waals surface area (Å²) in [5.74, 6) is 0. The van der Waals surface area contributed by atoms with Gasteiger partial charge in [0.1, 0.15) is 6.07 Å². The molecule has 0 radical (unpaired) electrons. The molecule has 1 fully saturated rings. The summed E-state index contributed by atoms with van der Waals surface area (Å²) in [5, 5.41) is 20.1. The van der Waals surface area contributed by atoms with E-state index >= 15 is 0 Å². The largest absolute Gasteiger partial charge is 0.383 e. The van der Waals surface area contributed by atoms with Crippen molar-refractivity contribution in [3.05, 3.63) is 75.1 Å². The van der Waals surface area contributed by atoms with E-state index in [0.29, 0.717) is 34.6 Å². The summed E-state index contributed by atoms with van der Waals surface area (Å²) in [6.07, 6.45) is 5.79. The molecule has 3 aromatic rings. The van der Waals surface area contributed by atoms with E-state index in [2.05, 4.69) is 69.3 Å². The van der Waals surface area contributed by atoms with E-state index in [4.69, 9.17) is 11.6 Å². The molecular formula is C27H29BrClN7. The molecule has 1 saturated carbocycles. The third-order valence-electron chi connectivity index (χ3n) is 6.04. The lowest BCUT2D eigenvalue weighted by atomic mass is 9.96. The molecule has 1 aromatic heterocycles. The zero-order valence-electron chi connectivity index (χ0n) is 21.4. The van der Waals surface area contributed by atoms with Crippen LogP contribution < -0.4 is 21.6 Å². The first-order chi connectivity index (χ1) is 17.6. The minimum absolute atomic E-state index is 0.0153. The van der Waals surface area contributed by atoms with Crippen LogP contribution in [0.4, 0.5) is 11.4 Å². The highest BCUT2D eigenvalue weighted by molar-refractivity contribution is 9.10. The zero-order valence-corrected chi connectivity index (χ0v) is 22.8. The molecule has 0 spiro atoms. The van der Waals surface area contributed by atoms with Crippen LogP contribution in [-0.2, 0) is 0 Å². The van der Waals surface area contributed by atoms with E-state index in [9.17, 15) is 6.63 Å². The molecule has 1 atom stereocenters. The lowest BCUT2D eigenvalue weighted by Gasteiger charge is -2.23. The predicted molar refractivity (Wildman–Crippen MR) is 149 cm³/mol. The normalized spacial score (nSPS) is 17.6. The van der Waals surface area contributed by atoms with E-state index in [1.807, 2.05) is 35.5 Å². The van der Waals surface area contributed by atoms with Gasteiger partial charge in [-0.05, 0) is 64.0 Å². The number of aromatic nitrogens is 1. The molecule has 1 aliphatic carbocycles. The van der Waals surface area contributed by atoms with Crippen molar-refractivity contribution in [2.24, 2.45) is 5.41 Å². The van der Waals surface area contributed by atoms with Crippen molar-refractivity contribution in [3.63, 3.8) is 0 Å². The smallest absolute Gasteiger partial charge is 0.103 e. The van der Waals surface area contributed by atoms with Crippen LogP contribution in [-0.4, -0.2) is 22.6 Å². The summed E-state index contributed by atoms with van der Waals surface area (Å²) in [5.41, 5.74) is 10.4. The number of nitrogens with one attached hydrogen (secondary N) is 4. The molecule has 4 N–H and O–H groups in total. The third-order valence-corrected chi connectivity index (χ3v) is 6.90. The standard InChI is InChI=1S/C27H29BrClN7/c1-27(2,3)15-32-24-17(12-30)13-31-26-21(24)10-19(11-22(26)28)33-25(16-4-6-18(29)7-5-16)23-14-36(35-34-23)20-8-9-20/h4-7,10-11,13-14,20,25,33-35H,8-9,15H2,1-3H3,(H,31,32)/i25D. The maximum absolute atomic E-state index is 9.80. The van der Waals surface area contributed by atoms with Gasteiger partial charge in [0, 0.05) is 45.6 Å². The lowest BCUT2D eigenvalue weighted by Crippen LogP contribution is -2.38. The average molecular weight is 568 g/mol. The maximum Gasteiger partial charge on any atom is 0.103 e. The second kappa shape index (κ2) is 9.81. The molecule has 1 aliphatic heterocycles. The van der Waals surface area contributed by atoms with Crippen LogP contribution >= 0.6 is 27.5 Å². The Morgan fingerprint density at radius 1 is 1.31 bits per heavy atom. The Kier molecular flexibility index (Phi) is 6.38. The molecule has 0 saturated heterocycles. The van der Waals surface area contributed by atoms with E-state index in [1.54, 1.807) is 18.3 Å². The number of hydrazine groups is 2. The Morgan fingerprint density at radius 3 is 2.72 bits per heavy atom. The van der Waals surface area contributed by atoms with Gasteiger partial charge in [-0.15, -0.1) is 5.53 Å². The first-order valence-electron chi connectivity index (χ1n) is 12.4. The van der Waals surface area contributed by atoms with Crippen LogP contribution in [0, 0.1) is 16.7 Å². The van der Waals surface area contributed by atoms with Gasteiger partial charge in [-0.3, -0.25) is 9.99 Å². The summed E-state index contributed by atoms with van der Waals surface area (Å²) in [7, 11) is 0. The molecule has 7 nitrogen and oxygen atoms in total. The van der Waals surface area contributed by atoms with Crippen molar-refractivity contribution >= 4 is 49.8 Å². The third kappa shape index (κ3) is 5.39. The predicted octanol–water partition coefficient (Wildman–Crippen LogP) is 6.46. The monoisotopic (exact) mass is 566 g/mol. The maximum atomic E-state index is 9.80. The van der Waals surface area contributed by atoms with Crippen LogP contribution in [0.25, 0.3) is 10.9 Å². The fourth-order valence-electron chi connectivity index (χ4n) is 4.02. The topological polar surface area (TPSA) is 88.0 Å². The molecule has 2 aromatic carbocycles. The Hall–Kier alpha value is -2.99. The first kappa shape index (κ1) is 23.4. The van der Waals surface area contributed by atoms with Gasteiger partial charge in [0.05, 0.1) is 29.9 Å². The van der Waals surface area contributed by atoms with Crippen LogP contribution in [0.5, 0.6) is 0 Å². The van der Waals surface area contributed by atoms with Crippen LogP contribution in [0.15, 0.2) is 59.0 Å². The first-order valence-corrected chi connectivity index (χ1v) is 13.1. The fourth-order valence-corrected chi connectivity index (χ4v) is 4.71. The Labute approximate surface area is 226 Å². The van der Waals surface area contributed by atoms with Gasteiger partial charge in [0.15, 0.2) is 0 Å². The highest BCUT2D eigenvalue weighted by Gasteiger charge is 2.32. The van der Waals surface area contributed by atoms with Crippen molar-refractivity contribution in [2.75, 3.05) is 17.2 Å². The number of fused-ring (bicyclic) bond motifs is 1. The van der Waals surface area contributed by atoms with Gasteiger partial charge in [-0.25, -0.2) is 0 Å².